The molecule has 1 aromatic heterocycles. The van der Waals surface area contributed by atoms with Gasteiger partial charge in [-0.3, -0.25) is 0 Å². The molecule has 1 aliphatic rings. The van der Waals surface area contributed by atoms with E-state index in [4.69, 9.17) is 1.37 Å². The van der Waals surface area contributed by atoms with Gasteiger partial charge in [0.2, 0.25) is 5.69 Å². The quantitative estimate of drug-likeness (QED) is 0.569. The van der Waals surface area contributed by atoms with Crippen LogP contribution in [0.2, 0.25) is 0 Å². The Labute approximate surface area is 139 Å². The lowest BCUT2D eigenvalue weighted by Crippen LogP contribution is -2.31. The molecule has 0 amide bonds. The molecule has 4 rings (SSSR count). The van der Waals surface area contributed by atoms with Crippen LogP contribution in [0.15, 0.2) is 60.8 Å². The summed E-state index contributed by atoms with van der Waals surface area (Å²) in [6, 6.07) is 17.7. The Morgan fingerprint density at radius 3 is 2.52 bits per heavy atom. The maximum Gasteiger partial charge on any atom is 0.212 e. The Kier molecular flexibility index (Phi) is 2.72. The van der Waals surface area contributed by atoms with Gasteiger partial charge in [-0.25, -0.2) is 4.57 Å². The highest BCUT2D eigenvalue weighted by molar-refractivity contribution is 5.88. The van der Waals surface area contributed by atoms with Crippen LogP contribution in [-0.2, 0) is 12.5 Å². The van der Waals surface area contributed by atoms with Gasteiger partial charge >= 0.3 is 0 Å². The lowest BCUT2D eigenvalue weighted by atomic mass is 9.78. The van der Waals surface area contributed by atoms with E-state index in [-0.39, 0.29) is 5.41 Å². The number of pyridine rings is 1. The zero-order valence-corrected chi connectivity index (χ0v) is 14.1. The van der Waals surface area contributed by atoms with Crippen LogP contribution < -0.4 is 4.57 Å². The van der Waals surface area contributed by atoms with Crippen LogP contribution in [0, 0.1) is 6.92 Å². The minimum absolute atomic E-state index is 0.0279. The van der Waals surface area contributed by atoms with Crippen molar-refractivity contribution in [3.05, 3.63) is 77.5 Å². The summed E-state index contributed by atoms with van der Waals surface area (Å²) in [5.74, 6) is 0. The minimum Gasteiger partial charge on any atom is -0.201 e. The third-order valence-corrected chi connectivity index (χ3v) is 5.17. The summed E-state index contributed by atoms with van der Waals surface area (Å²) < 4.78 is 9.94. The van der Waals surface area contributed by atoms with E-state index in [2.05, 4.69) is 67.8 Å². The van der Waals surface area contributed by atoms with Gasteiger partial charge < -0.3 is 0 Å². The fourth-order valence-corrected chi connectivity index (χ4v) is 4.04. The van der Waals surface area contributed by atoms with Crippen LogP contribution in [0.5, 0.6) is 0 Å². The molecule has 3 aromatic rings. The van der Waals surface area contributed by atoms with E-state index in [9.17, 15) is 0 Å². The topological polar surface area (TPSA) is 3.88 Å². The van der Waals surface area contributed by atoms with Gasteiger partial charge in [0.25, 0.3) is 0 Å². The Bertz CT molecular complexity index is 970. The molecule has 0 unspecified atom stereocenters. The molecule has 0 radical (unpaired) electrons. The Hall–Kier alpha value is -2.41. The fraction of sp³-hybridized carbons (Fsp3) is 0.227. The highest BCUT2D eigenvalue weighted by Gasteiger charge is 2.39. The molecule has 0 aliphatic heterocycles. The van der Waals surface area contributed by atoms with Gasteiger partial charge in [-0.2, -0.15) is 0 Å². The van der Waals surface area contributed by atoms with Crippen molar-refractivity contribution in [3.8, 4) is 22.4 Å². The number of fused-ring (bicyclic) bond motifs is 3. The first kappa shape index (κ1) is 13.1. The Morgan fingerprint density at radius 1 is 0.957 bits per heavy atom. The standard InChI is InChI=1S/C22H22N/c1-15-12-13-17-16-9-5-6-10-18(16)22(2,3)21(17)20(15)19-11-7-8-14-23(19)4/h5-14H,1-4H3/q+1/i8D. The minimum atomic E-state index is -0.0279. The van der Waals surface area contributed by atoms with Crippen molar-refractivity contribution in [2.75, 3.05) is 0 Å². The van der Waals surface area contributed by atoms with Crippen LogP contribution in [-0.4, -0.2) is 0 Å². The third kappa shape index (κ3) is 1.89. The molecule has 1 nitrogen and oxygen atoms in total. The molecular formula is C22H22N+. The van der Waals surface area contributed by atoms with Crippen LogP contribution in [0.3, 0.4) is 0 Å². The highest BCUT2D eigenvalue weighted by Crippen LogP contribution is 2.52. The zero-order chi connectivity index (χ0) is 17.1. The molecule has 0 N–H and O–H groups in total. The van der Waals surface area contributed by atoms with Crippen LogP contribution in [0.1, 0.15) is 31.9 Å². The smallest absolute Gasteiger partial charge is 0.201 e. The Balaban J connectivity index is 2.09. The summed E-state index contributed by atoms with van der Waals surface area (Å²) in [4.78, 5) is 0. The third-order valence-electron chi connectivity index (χ3n) is 5.17. The highest BCUT2D eigenvalue weighted by atomic mass is 14.9. The van der Waals surface area contributed by atoms with Crippen molar-refractivity contribution in [1.82, 2.24) is 0 Å². The average Bonchev–Trinajstić information content (AvgIpc) is 2.77. The normalized spacial score (nSPS) is 15.0. The maximum atomic E-state index is 7.86. The van der Waals surface area contributed by atoms with Gasteiger partial charge in [-0.1, -0.05) is 50.2 Å². The number of rotatable bonds is 1. The summed E-state index contributed by atoms with van der Waals surface area (Å²) in [5, 5.41) is 0. The zero-order valence-electron chi connectivity index (χ0n) is 15.1. The van der Waals surface area contributed by atoms with Gasteiger partial charge in [-0.15, -0.1) is 0 Å². The van der Waals surface area contributed by atoms with E-state index in [1.54, 1.807) is 0 Å². The monoisotopic (exact) mass is 301 g/mol. The van der Waals surface area contributed by atoms with Crippen molar-refractivity contribution < 1.29 is 5.94 Å². The first-order chi connectivity index (χ1) is 11.4. The first-order valence-corrected chi connectivity index (χ1v) is 8.12. The van der Waals surface area contributed by atoms with E-state index < -0.39 is 0 Å². The van der Waals surface area contributed by atoms with E-state index in [0.29, 0.717) is 6.04 Å². The second kappa shape index (κ2) is 4.79. The molecule has 114 valence electrons. The number of hydrogen-bond donors (Lipinski definition) is 0. The number of benzene rings is 2. The summed E-state index contributed by atoms with van der Waals surface area (Å²) >= 11 is 0. The lowest BCUT2D eigenvalue weighted by molar-refractivity contribution is -0.660. The second-order valence-corrected chi connectivity index (χ2v) is 6.98. The van der Waals surface area contributed by atoms with E-state index >= 15 is 0 Å². The van der Waals surface area contributed by atoms with Gasteiger partial charge in [0.15, 0.2) is 6.20 Å². The first-order valence-electron chi connectivity index (χ1n) is 8.62. The largest absolute Gasteiger partial charge is 0.212 e. The average molecular weight is 301 g/mol. The molecule has 1 heteroatoms. The van der Waals surface area contributed by atoms with E-state index in [1.807, 2.05) is 19.3 Å². The summed E-state index contributed by atoms with van der Waals surface area (Å²) in [5.41, 5.74) is 9.20. The molecule has 23 heavy (non-hydrogen) atoms. The molecule has 0 saturated carbocycles. The molecular weight excluding hydrogens is 278 g/mol. The molecule has 0 saturated heterocycles. The number of nitrogens with zero attached hydrogens (tertiary/aromatic N) is 1. The molecule has 0 fully saturated rings. The number of aryl methyl sites for hydroxylation is 2. The lowest BCUT2D eigenvalue weighted by Gasteiger charge is -2.24. The predicted molar refractivity (Wildman–Crippen MR) is 95.4 cm³/mol. The van der Waals surface area contributed by atoms with Gasteiger partial charge in [-0.05, 0) is 40.8 Å². The van der Waals surface area contributed by atoms with Gasteiger partial charge in [0.05, 0.1) is 6.93 Å². The van der Waals surface area contributed by atoms with Crippen LogP contribution >= 0.6 is 0 Å². The van der Waals surface area contributed by atoms with Crippen molar-refractivity contribution >= 4 is 0 Å². The Morgan fingerprint density at radius 2 is 1.74 bits per heavy atom. The van der Waals surface area contributed by atoms with Gasteiger partial charge in [0.1, 0.15) is 7.05 Å². The number of aromatic nitrogens is 1. The number of hydrogen-bond acceptors (Lipinski definition) is 0. The van der Waals surface area contributed by atoms with E-state index in [0.717, 1.165) is 0 Å². The molecule has 2 aromatic carbocycles. The van der Waals surface area contributed by atoms with Gasteiger partial charge in [0, 0.05) is 17.5 Å². The SMILES string of the molecule is [2H]c1ccc(-c2c(C)ccc3c2C(C)(C)c2ccccc2-3)[n+](C)c1. The van der Waals surface area contributed by atoms with Crippen molar-refractivity contribution in [2.45, 2.75) is 26.2 Å². The van der Waals surface area contributed by atoms with Crippen LogP contribution in [0.4, 0.5) is 0 Å². The summed E-state index contributed by atoms with van der Waals surface area (Å²) in [7, 11) is 2.03. The fourth-order valence-electron chi connectivity index (χ4n) is 4.04. The second-order valence-electron chi connectivity index (χ2n) is 6.98. The maximum absolute atomic E-state index is 7.86. The molecule has 0 atom stereocenters. The van der Waals surface area contributed by atoms with Crippen molar-refractivity contribution in [1.29, 1.82) is 0 Å². The molecule has 0 spiro atoms. The predicted octanol–water partition coefficient (Wildman–Crippen LogP) is 4.79. The molecule has 0 bridgehead atoms. The van der Waals surface area contributed by atoms with Crippen molar-refractivity contribution in [3.63, 3.8) is 0 Å². The van der Waals surface area contributed by atoms with Crippen molar-refractivity contribution in [2.24, 2.45) is 7.05 Å². The molecule has 1 aliphatic carbocycles. The summed E-state index contributed by atoms with van der Waals surface area (Å²) in [6.45, 7) is 6.82. The van der Waals surface area contributed by atoms with Crippen LogP contribution in [0.25, 0.3) is 22.4 Å². The summed E-state index contributed by atoms with van der Waals surface area (Å²) in [6.07, 6.45) is 1.88. The van der Waals surface area contributed by atoms with E-state index in [1.165, 1.54) is 39.1 Å². The molecule has 1 heterocycles.